The van der Waals surface area contributed by atoms with Gasteiger partial charge >= 0.3 is 0 Å². The molecule has 0 aliphatic heterocycles. The first-order valence-electron chi connectivity index (χ1n) is 5.53. The van der Waals surface area contributed by atoms with Gasteiger partial charge in [-0.3, -0.25) is 4.79 Å². The first-order valence-corrected chi connectivity index (χ1v) is 6.61. The number of halogens is 1. The number of hydrogen-bond donors (Lipinski definition) is 1. The molecule has 1 N–H and O–H groups in total. The maximum Gasteiger partial charge on any atom is 0.264 e. The Balaban J connectivity index is 2.52. The Kier molecular flexibility index (Phi) is 3.66. The van der Waals surface area contributed by atoms with Gasteiger partial charge in [0.2, 0.25) is 0 Å². The quantitative estimate of drug-likeness (QED) is 0.871. The number of aromatic nitrogens is 2. The molecule has 0 saturated carbocycles. The Labute approximate surface area is 113 Å². The van der Waals surface area contributed by atoms with Crippen LogP contribution in [0.5, 0.6) is 0 Å². The summed E-state index contributed by atoms with van der Waals surface area (Å²) in [5.74, 6) is 2.01. The molecule has 0 fully saturated rings. The van der Waals surface area contributed by atoms with Gasteiger partial charge in [-0.05, 0) is 41.1 Å². The third-order valence-electron chi connectivity index (χ3n) is 2.51. The van der Waals surface area contributed by atoms with E-state index in [0.29, 0.717) is 15.2 Å². The van der Waals surface area contributed by atoms with Crippen molar-refractivity contribution in [2.45, 2.75) is 26.7 Å². The van der Waals surface area contributed by atoms with Gasteiger partial charge in [-0.15, -0.1) is 0 Å². The maximum atomic E-state index is 11.7. The van der Waals surface area contributed by atoms with Crippen LogP contribution in [0.4, 0.5) is 0 Å². The van der Waals surface area contributed by atoms with Crippen LogP contribution >= 0.6 is 22.6 Å². The molecule has 0 unspecified atom stereocenters. The fourth-order valence-corrected chi connectivity index (χ4v) is 2.19. The summed E-state index contributed by atoms with van der Waals surface area (Å²) < 4.78 is 6.23. The second kappa shape index (κ2) is 5.03. The van der Waals surface area contributed by atoms with Gasteiger partial charge in [-0.1, -0.05) is 13.8 Å². The number of H-pyrrole nitrogens is 1. The topological polar surface area (TPSA) is 58.9 Å². The third kappa shape index (κ3) is 2.43. The summed E-state index contributed by atoms with van der Waals surface area (Å²) in [5, 5.41) is 0. The van der Waals surface area contributed by atoms with Crippen LogP contribution in [0.15, 0.2) is 21.3 Å². The minimum absolute atomic E-state index is 0.109. The largest absolute Gasteiger partial charge is 0.458 e. The lowest BCUT2D eigenvalue weighted by molar-refractivity contribution is 0.525. The molecule has 4 nitrogen and oxygen atoms in total. The highest BCUT2D eigenvalue weighted by molar-refractivity contribution is 14.1. The van der Waals surface area contributed by atoms with E-state index in [-0.39, 0.29) is 5.56 Å². The third-order valence-corrected chi connectivity index (χ3v) is 3.62. The molecular weight excluding hydrogens is 331 g/mol. The van der Waals surface area contributed by atoms with Crippen molar-refractivity contribution < 1.29 is 4.42 Å². The Morgan fingerprint density at radius 3 is 2.71 bits per heavy atom. The molecule has 0 bridgehead atoms. The number of aromatic amines is 1. The Bertz CT molecular complexity index is 586. The van der Waals surface area contributed by atoms with Crippen LogP contribution in [-0.2, 0) is 12.8 Å². The Morgan fingerprint density at radius 2 is 2.12 bits per heavy atom. The first kappa shape index (κ1) is 12.3. The monoisotopic (exact) mass is 344 g/mol. The van der Waals surface area contributed by atoms with Gasteiger partial charge in [0.15, 0.2) is 11.6 Å². The molecule has 2 aromatic rings. The van der Waals surface area contributed by atoms with Gasteiger partial charge < -0.3 is 9.40 Å². The van der Waals surface area contributed by atoms with Crippen molar-refractivity contribution in [2.75, 3.05) is 0 Å². The van der Waals surface area contributed by atoms with Crippen LogP contribution < -0.4 is 5.56 Å². The second-order valence-electron chi connectivity index (χ2n) is 3.65. The minimum Gasteiger partial charge on any atom is -0.458 e. The molecule has 0 atom stereocenters. The summed E-state index contributed by atoms with van der Waals surface area (Å²) in [7, 11) is 0. The van der Waals surface area contributed by atoms with Crippen LogP contribution in [0.2, 0.25) is 0 Å². The second-order valence-corrected chi connectivity index (χ2v) is 4.73. The maximum absolute atomic E-state index is 11.7. The number of hydrogen-bond acceptors (Lipinski definition) is 3. The lowest BCUT2D eigenvalue weighted by Crippen LogP contribution is -2.15. The highest BCUT2D eigenvalue weighted by atomic mass is 127. The van der Waals surface area contributed by atoms with E-state index in [2.05, 4.69) is 9.97 Å². The van der Waals surface area contributed by atoms with Crippen molar-refractivity contribution in [3.8, 4) is 11.6 Å². The van der Waals surface area contributed by atoms with E-state index in [4.69, 9.17) is 4.42 Å². The van der Waals surface area contributed by atoms with E-state index >= 15 is 0 Å². The summed E-state index contributed by atoms with van der Waals surface area (Å²) in [6.45, 7) is 4.00. The molecule has 2 rings (SSSR count). The Hall–Kier alpha value is -1.11. The fourth-order valence-electron chi connectivity index (χ4n) is 1.55. The average Bonchev–Trinajstić information content (AvgIpc) is 2.81. The smallest absolute Gasteiger partial charge is 0.264 e. The van der Waals surface area contributed by atoms with E-state index in [0.717, 1.165) is 24.3 Å². The van der Waals surface area contributed by atoms with E-state index in [1.807, 2.05) is 48.6 Å². The van der Waals surface area contributed by atoms with Crippen molar-refractivity contribution in [2.24, 2.45) is 0 Å². The summed E-state index contributed by atoms with van der Waals surface area (Å²) in [5.41, 5.74) is 0.695. The zero-order valence-electron chi connectivity index (χ0n) is 9.71. The van der Waals surface area contributed by atoms with E-state index in [9.17, 15) is 4.79 Å². The highest BCUT2D eigenvalue weighted by Gasteiger charge is 2.11. The van der Waals surface area contributed by atoms with Crippen LogP contribution in [0.3, 0.4) is 0 Å². The number of rotatable bonds is 3. The molecular formula is C12H13IN2O2. The van der Waals surface area contributed by atoms with Gasteiger partial charge in [0.25, 0.3) is 5.56 Å². The lowest BCUT2D eigenvalue weighted by Gasteiger charge is -2.02. The van der Waals surface area contributed by atoms with Gasteiger partial charge in [0, 0.05) is 6.42 Å². The highest BCUT2D eigenvalue weighted by Crippen LogP contribution is 2.19. The summed E-state index contributed by atoms with van der Waals surface area (Å²) in [4.78, 5) is 18.9. The zero-order chi connectivity index (χ0) is 12.4. The first-order chi connectivity index (χ1) is 8.15. The number of nitrogens with zero attached hydrogens (tertiary/aromatic N) is 1. The van der Waals surface area contributed by atoms with Gasteiger partial charge in [0.1, 0.15) is 5.76 Å². The number of furan rings is 1. The van der Waals surface area contributed by atoms with Gasteiger partial charge in [0.05, 0.1) is 9.26 Å². The molecule has 2 heterocycles. The SMILES string of the molecule is CCc1ccc(-c2nc(CC)c(I)c(=O)[nH]2)o1. The summed E-state index contributed by atoms with van der Waals surface area (Å²) in [6, 6.07) is 3.74. The number of aryl methyl sites for hydroxylation is 2. The lowest BCUT2D eigenvalue weighted by atomic mass is 10.3. The fraction of sp³-hybridized carbons (Fsp3) is 0.333. The molecule has 17 heavy (non-hydrogen) atoms. The standard InChI is InChI=1S/C12H13IN2O2/c1-3-7-5-6-9(17-7)11-14-8(4-2)10(13)12(16)15-11/h5-6H,3-4H2,1-2H3,(H,14,15,16). The van der Waals surface area contributed by atoms with E-state index < -0.39 is 0 Å². The van der Waals surface area contributed by atoms with Gasteiger partial charge in [-0.2, -0.15) is 0 Å². The van der Waals surface area contributed by atoms with Crippen molar-refractivity contribution in [3.63, 3.8) is 0 Å². The summed E-state index contributed by atoms with van der Waals surface area (Å²) in [6.07, 6.45) is 1.56. The van der Waals surface area contributed by atoms with E-state index in [1.165, 1.54) is 0 Å². The molecule has 0 aliphatic carbocycles. The molecule has 0 spiro atoms. The van der Waals surface area contributed by atoms with Crippen molar-refractivity contribution >= 4 is 22.6 Å². The molecule has 90 valence electrons. The molecule has 5 heteroatoms. The minimum atomic E-state index is -0.109. The molecule has 0 saturated heterocycles. The van der Waals surface area contributed by atoms with E-state index in [1.54, 1.807) is 0 Å². The predicted molar refractivity (Wildman–Crippen MR) is 74.0 cm³/mol. The van der Waals surface area contributed by atoms with Crippen LogP contribution in [0.25, 0.3) is 11.6 Å². The normalized spacial score (nSPS) is 10.8. The average molecular weight is 344 g/mol. The van der Waals surface area contributed by atoms with Crippen molar-refractivity contribution in [1.29, 1.82) is 0 Å². The molecule has 0 aliphatic rings. The van der Waals surface area contributed by atoms with Crippen LogP contribution in [0.1, 0.15) is 25.3 Å². The van der Waals surface area contributed by atoms with Crippen LogP contribution in [0, 0.1) is 3.57 Å². The van der Waals surface area contributed by atoms with Gasteiger partial charge in [-0.25, -0.2) is 4.98 Å². The van der Waals surface area contributed by atoms with Crippen LogP contribution in [-0.4, -0.2) is 9.97 Å². The van der Waals surface area contributed by atoms with Crippen molar-refractivity contribution in [3.05, 3.63) is 37.5 Å². The molecule has 0 radical (unpaired) electrons. The molecule has 0 amide bonds. The Morgan fingerprint density at radius 1 is 1.35 bits per heavy atom. The molecule has 2 aromatic heterocycles. The zero-order valence-corrected chi connectivity index (χ0v) is 11.9. The summed E-state index contributed by atoms with van der Waals surface area (Å²) >= 11 is 2.02. The molecule has 0 aromatic carbocycles. The predicted octanol–water partition coefficient (Wildman–Crippen LogP) is 2.76. The number of nitrogens with one attached hydrogen (secondary N) is 1. The van der Waals surface area contributed by atoms with Crippen molar-refractivity contribution in [1.82, 2.24) is 9.97 Å².